The average molecular weight is 228 g/mol. The van der Waals surface area contributed by atoms with Gasteiger partial charge in [0.25, 0.3) is 5.56 Å². The Hall–Kier alpha value is -1.69. The van der Waals surface area contributed by atoms with Crippen LogP contribution in [0.4, 0.5) is 8.78 Å². The van der Waals surface area contributed by atoms with Crippen molar-refractivity contribution in [3.63, 3.8) is 0 Å². The molecule has 0 saturated carbocycles. The smallest absolute Gasteiger partial charge is 0.264 e. The summed E-state index contributed by atoms with van der Waals surface area (Å²) in [4.78, 5) is 10.8. The van der Waals surface area contributed by atoms with Crippen molar-refractivity contribution in [1.82, 2.24) is 10.2 Å². The number of hydrogen-bond donors (Lipinski definition) is 2. The molecule has 1 atom stereocenters. The summed E-state index contributed by atoms with van der Waals surface area (Å²) in [6.07, 6.45) is 1.41. The third-order valence-corrected chi connectivity index (χ3v) is 2.14. The number of aromatic nitrogens is 2. The second-order valence-electron chi connectivity index (χ2n) is 3.48. The van der Waals surface area contributed by atoms with E-state index in [4.69, 9.17) is 4.74 Å². The van der Waals surface area contributed by atoms with E-state index in [1.807, 2.05) is 0 Å². The van der Waals surface area contributed by atoms with Gasteiger partial charge in [0.05, 0.1) is 18.4 Å². The molecule has 0 fully saturated rings. The molecule has 6 heteroatoms. The first-order chi connectivity index (χ1) is 7.63. The van der Waals surface area contributed by atoms with Crippen molar-refractivity contribution in [3.05, 3.63) is 45.9 Å². The highest BCUT2D eigenvalue weighted by Crippen LogP contribution is 2.22. The molecular weight excluding hydrogens is 218 g/mol. The Morgan fingerprint density at radius 2 is 2.25 bits per heavy atom. The number of rotatable bonds is 3. The molecule has 4 nitrogen and oxygen atoms in total. The van der Waals surface area contributed by atoms with Crippen molar-refractivity contribution >= 4 is 0 Å². The maximum Gasteiger partial charge on any atom is 0.264 e. The minimum atomic E-state index is -0.642. The summed E-state index contributed by atoms with van der Waals surface area (Å²) in [5.41, 5.74) is 0.267. The monoisotopic (exact) mass is 228 g/mol. The number of H-pyrrole nitrogens is 2. The molecule has 1 aliphatic carbocycles. The summed E-state index contributed by atoms with van der Waals surface area (Å²) >= 11 is 0. The van der Waals surface area contributed by atoms with Crippen LogP contribution in [-0.4, -0.2) is 16.3 Å². The highest BCUT2D eigenvalue weighted by molar-refractivity contribution is 5.22. The van der Waals surface area contributed by atoms with Gasteiger partial charge in [-0.25, -0.2) is 8.78 Å². The summed E-state index contributed by atoms with van der Waals surface area (Å²) < 4.78 is 30.9. The van der Waals surface area contributed by atoms with Crippen LogP contribution in [0.5, 0.6) is 0 Å². The highest BCUT2D eigenvalue weighted by atomic mass is 19.1. The van der Waals surface area contributed by atoms with E-state index in [0.29, 0.717) is 5.69 Å². The predicted molar refractivity (Wildman–Crippen MR) is 53.0 cm³/mol. The standard InChI is InChI=1S/C10H10F2N2O2/c11-6-1-7(12)3-9(2-6)16-5-8-4-10(15)14-13-8/h1-2,4,9H,3,5H2,(H2,13,14,15). The lowest BCUT2D eigenvalue weighted by molar-refractivity contribution is 0.0641. The molecule has 2 N–H and O–H groups in total. The van der Waals surface area contributed by atoms with Crippen molar-refractivity contribution in [2.24, 2.45) is 0 Å². The first kappa shape index (κ1) is 10.8. The normalized spacial score (nSPS) is 20.5. The maximum absolute atomic E-state index is 12.9. The van der Waals surface area contributed by atoms with Crippen LogP contribution >= 0.6 is 0 Å². The zero-order valence-electron chi connectivity index (χ0n) is 8.30. The summed E-state index contributed by atoms with van der Waals surface area (Å²) in [6, 6.07) is 1.33. The fraction of sp³-hybridized carbons (Fsp3) is 0.300. The first-order valence-corrected chi connectivity index (χ1v) is 4.75. The third kappa shape index (κ3) is 2.66. The van der Waals surface area contributed by atoms with Crippen LogP contribution in [0.15, 0.2) is 34.7 Å². The molecule has 1 heterocycles. The van der Waals surface area contributed by atoms with Gasteiger partial charge in [-0.05, 0) is 6.08 Å². The Morgan fingerprint density at radius 3 is 2.88 bits per heavy atom. The number of ether oxygens (including phenoxy) is 1. The van der Waals surface area contributed by atoms with Crippen LogP contribution in [0.3, 0.4) is 0 Å². The summed E-state index contributed by atoms with van der Waals surface area (Å²) in [5, 5.41) is 4.92. The molecule has 86 valence electrons. The molecule has 0 bridgehead atoms. The van der Waals surface area contributed by atoms with Crippen molar-refractivity contribution in [2.75, 3.05) is 0 Å². The molecule has 1 unspecified atom stereocenters. The second kappa shape index (κ2) is 4.44. The average Bonchev–Trinajstić information content (AvgIpc) is 2.60. The zero-order valence-corrected chi connectivity index (χ0v) is 8.30. The minimum Gasteiger partial charge on any atom is -0.367 e. The molecule has 0 aliphatic heterocycles. The molecule has 1 aromatic heterocycles. The lowest BCUT2D eigenvalue weighted by Gasteiger charge is -2.15. The van der Waals surface area contributed by atoms with E-state index in [0.717, 1.165) is 6.08 Å². The lowest BCUT2D eigenvalue weighted by Crippen LogP contribution is -2.13. The number of aromatic amines is 2. The fourth-order valence-electron chi connectivity index (χ4n) is 1.44. The van der Waals surface area contributed by atoms with Crippen LogP contribution in [0.2, 0.25) is 0 Å². The molecule has 1 aliphatic rings. The van der Waals surface area contributed by atoms with Crippen LogP contribution in [0, 0.1) is 0 Å². The second-order valence-corrected chi connectivity index (χ2v) is 3.48. The molecule has 0 aromatic carbocycles. The Morgan fingerprint density at radius 1 is 1.44 bits per heavy atom. The van der Waals surface area contributed by atoms with Crippen LogP contribution < -0.4 is 5.56 Å². The van der Waals surface area contributed by atoms with Crippen LogP contribution in [-0.2, 0) is 11.3 Å². The van der Waals surface area contributed by atoms with E-state index in [9.17, 15) is 13.6 Å². The summed E-state index contributed by atoms with van der Waals surface area (Å²) in [7, 11) is 0. The van der Waals surface area contributed by atoms with E-state index in [2.05, 4.69) is 10.2 Å². The predicted octanol–water partition coefficient (Wildman–Crippen LogP) is 1.70. The quantitative estimate of drug-likeness (QED) is 0.827. The van der Waals surface area contributed by atoms with E-state index in [-0.39, 0.29) is 18.6 Å². The van der Waals surface area contributed by atoms with Gasteiger partial charge in [-0.15, -0.1) is 0 Å². The molecule has 0 spiro atoms. The highest BCUT2D eigenvalue weighted by Gasteiger charge is 2.16. The van der Waals surface area contributed by atoms with E-state index < -0.39 is 17.8 Å². The van der Waals surface area contributed by atoms with Crippen LogP contribution in [0.25, 0.3) is 0 Å². The lowest BCUT2D eigenvalue weighted by atomic mass is 10.1. The number of hydrogen-bond acceptors (Lipinski definition) is 2. The van der Waals surface area contributed by atoms with Gasteiger partial charge in [0.2, 0.25) is 0 Å². The van der Waals surface area contributed by atoms with Crippen molar-refractivity contribution in [3.8, 4) is 0 Å². The first-order valence-electron chi connectivity index (χ1n) is 4.75. The van der Waals surface area contributed by atoms with Gasteiger partial charge < -0.3 is 4.74 Å². The third-order valence-electron chi connectivity index (χ3n) is 2.14. The van der Waals surface area contributed by atoms with Crippen molar-refractivity contribution < 1.29 is 13.5 Å². The van der Waals surface area contributed by atoms with Crippen LogP contribution in [0.1, 0.15) is 12.1 Å². The number of allylic oxidation sites excluding steroid dienone is 2. The fourth-order valence-corrected chi connectivity index (χ4v) is 1.44. The largest absolute Gasteiger partial charge is 0.367 e. The van der Waals surface area contributed by atoms with Gasteiger partial charge in [-0.1, -0.05) is 0 Å². The maximum atomic E-state index is 12.9. The SMILES string of the molecule is O=c1cc(COC2C=C(F)C=C(F)C2)[nH][nH]1. The van der Waals surface area contributed by atoms with Gasteiger partial charge in [-0.3, -0.25) is 15.0 Å². The Labute approximate surface area is 89.6 Å². The topological polar surface area (TPSA) is 57.9 Å². The van der Waals surface area contributed by atoms with Gasteiger partial charge in [-0.2, -0.15) is 0 Å². The Bertz CT molecular complexity index is 487. The molecule has 0 radical (unpaired) electrons. The van der Waals surface area contributed by atoms with Gasteiger partial charge in [0, 0.05) is 18.6 Å². The Kier molecular flexibility index (Phi) is 3.00. The molecule has 0 amide bonds. The van der Waals surface area contributed by atoms with Crippen molar-refractivity contribution in [2.45, 2.75) is 19.1 Å². The van der Waals surface area contributed by atoms with E-state index in [1.54, 1.807) is 0 Å². The summed E-state index contributed by atoms with van der Waals surface area (Å²) in [6.45, 7) is 0.0977. The number of halogens is 2. The molecule has 16 heavy (non-hydrogen) atoms. The molecule has 1 aromatic rings. The minimum absolute atomic E-state index is 0.0159. The van der Waals surface area contributed by atoms with Gasteiger partial charge in [0.15, 0.2) is 0 Å². The summed E-state index contributed by atoms with van der Waals surface area (Å²) in [5.74, 6) is -1.19. The van der Waals surface area contributed by atoms with Gasteiger partial charge >= 0.3 is 0 Å². The molecule has 0 saturated heterocycles. The van der Waals surface area contributed by atoms with E-state index >= 15 is 0 Å². The number of nitrogens with one attached hydrogen (secondary N) is 2. The molecule has 2 rings (SSSR count). The molecular formula is C10H10F2N2O2. The van der Waals surface area contributed by atoms with Gasteiger partial charge in [0.1, 0.15) is 11.7 Å². The zero-order chi connectivity index (χ0) is 11.5. The van der Waals surface area contributed by atoms with Crippen molar-refractivity contribution in [1.29, 1.82) is 0 Å². The van der Waals surface area contributed by atoms with E-state index in [1.165, 1.54) is 12.1 Å². The Balaban J connectivity index is 1.92.